The third kappa shape index (κ3) is 2.98. The van der Waals surface area contributed by atoms with Gasteiger partial charge in [-0.25, -0.2) is 0 Å². The van der Waals surface area contributed by atoms with E-state index >= 15 is 0 Å². The molecule has 0 aromatic heterocycles. The molecule has 0 radical (unpaired) electrons. The van der Waals surface area contributed by atoms with Crippen LogP contribution in [0, 0.1) is 5.41 Å². The van der Waals surface area contributed by atoms with E-state index in [4.69, 9.17) is 0 Å². The quantitative estimate of drug-likeness (QED) is 0.862. The molecule has 0 amide bonds. The summed E-state index contributed by atoms with van der Waals surface area (Å²) in [6, 6.07) is 9.29. The van der Waals surface area contributed by atoms with Crippen LogP contribution in [0.1, 0.15) is 32.8 Å². The summed E-state index contributed by atoms with van der Waals surface area (Å²) in [6.45, 7) is 7.00. The highest BCUT2D eigenvalue weighted by atomic mass is 32.2. The van der Waals surface area contributed by atoms with Crippen LogP contribution in [-0.2, 0) is 6.42 Å². The number of hydrogen-bond donors (Lipinski definition) is 1. The molecular formula is C15H23NS. The summed E-state index contributed by atoms with van der Waals surface area (Å²) in [4.78, 5) is 0. The third-order valence-electron chi connectivity index (χ3n) is 3.85. The largest absolute Gasteiger partial charge is 0.381 e. The molecule has 0 saturated carbocycles. The first-order valence-corrected chi connectivity index (χ1v) is 7.71. The van der Waals surface area contributed by atoms with Crippen molar-refractivity contribution in [1.82, 2.24) is 0 Å². The smallest absolute Gasteiger partial charge is 0.0403 e. The van der Waals surface area contributed by atoms with Gasteiger partial charge in [0.05, 0.1) is 0 Å². The average molecular weight is 249 g/mol. The lowest BCUT2D eigenvalue weighted by Crippen LogP contribution is -2.41. The summed E-state index contributed by atoms with van der Waals surface area (Å²) >= 11 is 2.08. The molecule has 1 fully saturated rings. The van der Waals surface area contributed by atoms with Crippen LogP contribution in [0.5, 0.6) is 0 Å². The van der Waals surface area contributed by atoms with Crippen molar-refractivity contribution in [3.63, 3.8) is 0 Å². The van der Waals surface area contributed by atoms with E-state index in [1.54, 1.807) is 0 Å². The summed E-state index contributed by atoms with van der Waals surface area (Å²) in [5.41, 5.74) is 3.17. The first-order chi connectivity index (χ1) is 8.13. The Balaban J connectivity index is 2.14. The number of nitrogens with one attached hydrogen (secondary N) is 1. The monoisotopic (exact) mass is 249 g/mol. The number of thioether (sulfide) groups is 1. The Morgan fingerprint density at radius 2 is 2.12 bits per heavy atom. The summed E-state index contributed by atoms with van der Waals surface area (Å²) in [6.07, 6.45) is 2.41. The molecule has 1 saturated heterocycles. The minimum atomic E-state index is 0.409. The van der Waals surface area contributed by atoms with E-state index in [1.807, 2.05) is 0 Å². The molecule has 1 atom stereocenters. The molecule has 1 unspecified atom stereocenters. The Hall–Kier alpha value is -0.630. The molecule has 1 heterocycles. The normalized spacial score (nSPS) is 23.4. The zero-order valence-corrected chi connectivity index (χ0v) is 11.9. The van der Waals surface area contributed by atoms with Crippen LogP contribution >= 0.6 is 11.8 Å². The molecule has 94 valence electrons. The SMILES string of the molecule is CCc1ccccc1NC1CSCCC1(C)C. The number of anilines is 1. The van der Waals surface area contributed by atoms with Gasteiger partial charge in [0.1, 0.15) is 0 Å². The second-order valence-electron chi connectivity index (χ2n) is 5.52. The van der Waals surface area contributed by atoms with E-state index < -0.39 is 0 Å². The van der Waals surface area contributed by atoms with E-state index in [2.05, 4.69) is 62.1 Å². The van der Waals surface area contributed by atoms with Crippen molar-refractivity contribution in [3.05, 3.63) is 29.8 Å². The molecule has 1 aliphatic heterocycles. The van der Waals surface area contributed by atoms with Gasteiger partial charge in [0.15, 0.2) is 0 Å². The van der Waals surface area contributed by atoms with Crippen LogP contribution in [0.15, 0.2) is 24.3 Å². The fourth-order valence-corrected chi connectivity index (χ4v) is 3.94. The molecule has 1 aromatic carbocycles. The Bertz CT molecular complexity index is 373. The highest BCUT2D eigenvalue weighted by Gasteiger charge is 2.32. The summed E-state index contributed by atoms with van der Waals surface area (Å²) in [5.74, 6) is 2.53. The molecule has 17 heavy (non-hydrogen) atoms. The maximum absolute atomic E-state index is 3.77. The van der Waals surface area contributed by atoms with E-state index in [0.717, 1.165) is 6.42 Å². The summed E-state index contributed by atoms with van der Waals surface area (Å²) in [5, 5.41) is 3.77. The van der Waals surface area contributed by atoms with Gasteiger partial charge in [0.25, 0.3) is 0 Å². The van der Waals surface area contributed by atoms with Gasteiger partial charge >= 0.3 is 0 Å². The van der Waals surface area contributed by atoms with Gasteiger partial charge in [-0.2, -0.15) is 11.8 Å². The number of hydrogen-bond acceptors (Lipinski definition) is 2. The van der Waals surface area contributed by atoms with Gasteiger partial charge in [0, 0.05) is 17.5 Å². The molecule has 1 aliphatic rings. The number of benzene rings is 1. The van der Waals surface area contributed by atoms with Crippen molar-refractivity contribution in [3.8, 4) is 0 Å². The first-order valence-electron chi connectivity index (χ1n) is 6.55. The molecule has 1 N–H and O–H groups in total. The highest BCUT2D eigenvalue weighted by Crippen LogP contribution is 2.36. The van der Waals surface area contributed by atoms with Gasteiger partial charge in [-0.05, 0) is 35.6 Å². The minimum absolute atomic E-state index is 0.409. The Morgan fingerprint density at radius 3 is 2.82 bits per heavy atom. The fraction of sp³-hybridized carbons (Fsp3) is 0.600. The Labute approximate surface area is 109 Å². The maximum atomic E-state index is 3.77. The number of aryl methyl sites for hydroxylation is 1. The van der Waals surface area contributed by atoms with Crippen molar-refractivity contribution in [2.24, 2.45) is 5.41 Å². The van der Waals surface area contributed by atoms with Crippen molar-refractivity contribution >= 4 is 17.4 Å². The zero-order valence-electron chi connectivity index (χ0n) is 11.1. The van der Waals surface area contributed by atoms with E-state index in [1.165, 1.54) is 29.2 Å². The van der Waals surface area contributed by atoms with E-state index in [0.29, 0.717) is 11.5 Å². The average Bonchev–Trinajstić information content (AvgIpc) is 2.32. The van der Waals surface area contributed by atoms with Gasteiger partial charge in [-0.1, -0.05) is 39.0 Å². The lowest BCUT2D eigenvalue weighted by molar-refractivity contribution is 0.305. The maximum Gasteiger partial charge on any atom is 0.0403 e. The highest BCUT2D eigenvalue weighted by molar-refractivity contribution is 7.99. The van der Waals surface area contributed by atoms with Crippen LogP contribution in [0.2, 0.25) is 0 Å². The molecule has 2 heteroatoms. The van der Waals surface area contributed by atoms with Gasteiger partial charge in [0.2, 0.25) is 0 Å². The lowest BCUT2D eigenvalue weighted by Gasteiger charge is -2.39. The minimum Gasteiger partial charge on any atom is -0.381 e. The first kappa shape index (κ1) is 12.8. The van der Waals surface area contributed by atoms with Gasteiger partial charge < -0.3 is 5.32 Å². The van der Waals surface area contributed by atoms with Crippen molar-refractivity contribution in [1.29, 1.82) is 0 Å². The van der Waals surface area contributed by atoms with Crippen LogP contribution in [0.3, 0.4) is 0 Å². The van der Waals surface area contributed by atoms with Crippen molar-refractivity contribution < 1.29 is 0 Å². The molecule has 2 rings (SSSR count). The predicted molar refractivity (Wildman–Crippen MR) is 79.0 cm³/mol. The second kappa shape index (κ2) is 5.34. The molecule has 0 bridgehead atoms. The summed E-state index contributed by atoms with van der Waals surface area (Å²) < 4.78 is 0. The number of para-hydroxylation sites is 1. The predicted octanol–water partition coefficient (Wildman–Crippen LogP) is 4.19. The van der Waals surface area contributed by atoms with Crippen molar-refractivity contribution in [2.75, 3.05) is 16.8 Å². The van der Waals surface area contributed by atoms with E-state index in [-0.39, 0.29) is 0 Å². The molecule has 1 nitrogen and oxygen atoms in total. The molecule has 1 aromatic rings. The summed E-state index contributed by atoms with van der Waals surface area (Å²) in [7, 11) is 0. The Morgan fingerprint density at radius 1 is 1.35 bits per heavy atom. The fourth-order valence-electron chi connectivity index (χ4n) is 2.33. The van der Waals surface area contributed by atoms with Crippen LogP contribution in [0.4, 0.5) is 5.69 Å². The van der Waals surface area contributed by atoms with E-state index in [9.17, 15) is 0 Å². The second-order valence-corrected chi connectivity index (χ2v) is 6.67. The van der Waals surface area contributed by atoms with Gasteiger partial charge in [-0.15, -0.1) is 0 Å². The van der Waals surface area contributed by atoms with Crippen LogP contribution in [-0.4, -0.2) is 17.5 Å². The van der Waals surface area contributed by atoms with Gasteiger partial charge in [-0.3, -0.25) is 0 Å². The molecule has 0 aliphatic carbocycles. The third-order valence-corrected chi connectivity index (χ3v) is 4.91. The van der Waals surface area contributed by atoms with Crippen LogP contribution < -0.4 is 5.32 Å². The topological polar surface area (TPSA) is 12.0 Å². The van der Waals surface area contributed by atoms with Crippen LogP contribution in [0.25, 0.3) is 0 Å². The Kier molecular flexibility index (Phi) is 4.03. The lowest BCUT2D eigenvalue weighted by atomic mass is 9.82. The molecule has 0 spiro atoms. The molecular weight excluding hydrogens is 226 g/mol. The standard InChI is InChI=1S/C15H23NS/c1-4-12-7-5-6-8-13(12)16-14-11-17-10-9-15(14,2)3/h5-8,14,16H,4,9-11H2,1-3H3. The van der Waals surface area contributed by atoms with Crippen molar-refractivity contribution in [2.45, 2.75) is 39.7 Å². The number of rotatable bonds is 3. The zero-order chi connectivity index (χ0) is 12.3.